The van der Waals surface area contributed by atoms with E-state index >= 15 is 0 Å². The lowest BCUT2D eigenvalue weighted by Crippen LogP contribution is -2.25. The number of halogens is 2. The summed E-state index contributed by atoms with van der Waals surface area (Å²) < 4.78 is 0. The van der Waals surface area contributed by atoms with Crippen LogP contribution in [-0.4, -0.2) is 16.5 Å². The van der Waals surface area contributed by atoms with E-state index in [0.29, 0.717) is 10.0 Å². The molecule has 0 aliphatic heterocycles. The standard InChI is InChI=1S/C15H19Cl2N3S/c1-4-5-18-13(7-14-20-9(2)10(3)21-14)15-12(17)6-11(16)8-19-15/h6,8,13,18H,4-5,7H2,1-3H3. The Hall–Kier alpha value is -0.680. The van der Waals surface area contributed by atoms with Gasteiger partial charge in [0.1, 0.15) is 0 Å². The van der Waals surface area contributed by atoms with Gasteiger partial charge in [-0.2, -0.15) is 0 Å². The van der Waals surface area contributed by atoms with Crippen LogP contribution in [0.5, 0.6) is 0 Å². The minimum absolute atomic E-state index is 0.0552. The molecule has 1 atom stereocenters. The SMILES string of the molecule is CCCNC(Cc1nc(C)c(C)s1)c1ncc(Cl)cc1Cl. The molecule has 21 heavy (non-hydrogen) atoms. The monoisotopic (exact) mass is 343 g/mol. The Bertz CT molecular complexity index is 593. The van der Waals surface area contributed by atoms with Crippen molar-refractivity contribution in [2.45, 2.75) is 39.7 Å². The number of hydrogen-bond acceptors (Lipinski definition) is 4. The Kier molecular flexibility index (Phi) is 5.99. The minimum atomic E-state index is 0.0552. The van der Waals surface area contributed by atoms with Crippen LogP contribution in [0, 0.1) is 13.8 Å². The molecule has 0 bridgehead atoms. The Balaban J connectivity index is 2.24. The van der Waals surface area contributed by atoms with Gasteiger partial charge in [-0.25, -0.2) is 4.98 Å². The van der Waals surface area contributed by atoms with Crippen LogP contribution in [0.25, 0.3) is 0 Å². The minimum Gasteiger partial charge on any atom is -0.308 e. The number of pyridine rings is 1. The van der Waals surface area contributed by atoms with Crippen molar-refractivity contribution in [3.05, 3.63) is 43.6 Å². The first-order chi connectivity index (χ1) is 10.0. The molecule has 0 aliphatic carbocycles. The van der Waals surface area contributed by atoms with E-state index in [1.807, 2.05) is 6.92 Å². The fourth-order valence-electron chi connectivity index (χ4n) is 2.07. The molecule has 0 aromatic carbocycles. The molecule has 1 unspecified atom stereocenters. The van der Waals surface area contributed by atoms with Crippen molar-refractivity contribution < 1.29 is 0 Å². The first kappa shape index (κ1) is 16.7. The molecule has 6 heteroatoms. The van der Waals surface area contributed by atoms with Crippen LogP contribution in [0.1, 0.15) is 40.7 Å². The number of rotatable bonds is 6. The molecule has 0 saturated heterocycles. The maximum Gasteiger partial charge on any atom is 0.0950 e. The molecule has 2 rings (SSSR count). The fraction of sp³-hybridized carbons (Fsp3) is 0.467. The molecule has 0 aliphatic rings. The van der Waals surface area contributed by atoms with Crippen LogP contribution in [-0.2, 0) is 6.42 Å². The van der Waals surface area contributed by atoms with Gasteiger partial charge in [-0.1, -0.05) is 30.1 Å². The van der Waals surface area contributed by atoms with E-state index in [1.54, 1.807) is 23.6 Å². The molecule has 2 aromatic rings. The number of aromatic nitrogens is 2. The van der Waals surface area contributed by atoms with Gasteiger partial charge in [0.05, 0.1) is 32.5 Å². The number of aryl methyl sites for hydroxylation is 2. The van der Waals surface area contributed by atoms with Crippen LogP contribution < -0.4 is 5.32 Å². The largest absolute Gasteiger partial charge is 0.308 e. The average Bonchev–Trinajstić information content (AvgIpc) is 2.74. The molecular formula is C15H19Cl2N3S. The Labute approximate surface area is 139 Å². The van der Waals surface area contributed by atoms with Crippen LogP contribution in [0.15, 0.2) is 12.3 Å². The van der Waals surface area contributed by atoms with Gasteiger partial charge in [0.15, 0.2) is 0 Å². The van der Waals surface area contributed by atoms with Crippen molar-refractivity contribution >= 4 is 34.5 Å². The maximum absolute atomic E-state index is 6.30. The van der Waals surface area contributed by atoms with Crippen LogP contribution >= 0.6 is 34.5 Å². The van der Waals surface area contributed by atoms with Crippen molar-refractivity contribution in [1.29, 1.82) is 0 Å². The van der Waals surface area contributed by atoms with Crippen molar-refractivity contribution in [2.24, 2.45) is 0 Å². The molecule has 3 nitrogen and oxygen atoms in total. The highest BCUT2D eigenvalue weighted by Gasteiger charge is 2.19. The van der Waals surface area contributed by atoms with E-state index in [-0.39, 0.29) is 6.04 Å². The fourth-order valence-corrected chi connectivity index (χ4v) is 3.56. The summed E-state index contributed by atoms with van der Waals surface area (Å²) in [5.41, 5.74) is 1.93. The first-order valence-corrected chi connectivity index (χ1v) is 8.55. The molecule has 0 spiro atoms. The lowest BCUT2D eigenvalue weighted by atomic mass is 10.1. The van der Waals surface area contributed by atoms with E-state index in [2.05, 4.69) is 29.1 Å². The smallest absolute Gasteiger partial charge is 0.0950 e. The van der Waals surface area contributed by atoms with Gasteiger partial charge >= 0.3 is 0 Å². The number of thiazole rings is 1. The highest BCUT2D eigenvalue weighted by molar-refractivity contribution is 7.11. The normalized spacial score (nSPS) is 12.6. The Morgan fingerprint density at radius 3 is 2.67 bits per heavy atom. The summed E-state index contributed by atoms with van der Waals surface area (Å²) >= 11 is 14.0. The van der Waals surface area contributed by atoms with Gasteiger partial charge in [0.25, 0.3) is 0 Å². The van der Waals surface area contributed by atoms with Crippen LogP contribution in [0.3, 0.4) is 0 Å². The van der Waals surface area contributed by atoms with Gasteiger partial charge in [-0.3, -0.25) is 4.98 Å². The summed E-state index contributed by atoms with van der Waals surface area (Å²) in [6.07, 6.45) is 3.48. The Morgan fingerprint density at radius 1 is 1.33 bits per heavy atom. The zero-order valence-electron chi connectivity index (χ0n) is 12.4. The molecule has 0 fully saturated rings. The van der Waals surface area contributed by atoms with E-state index < -0.39 is 0 Å². The van der Waals surface area contributed by atoms with Gasteiger partial charge in [-0.15, -0.1) is 11.3 Å². The molecule has 0 amide bonds. The topological polar surface area (TPSA) is 37.8 Å². The summed E-state index contributed by atoms with van der Waals surface area (Å²) in [4.78, 5) is 10.3. The molecule has 114 valence electrons. The number of nitrogens with one attached hydrogen (secondary N) is 1. The molecule has 2 aromatic heterocycles. The predicted molar refractivity (Wildman–Crippen MR) is 90.6 cm³/mol. The highest BCUT2D eigenvalue weighted by atomic mass is 35.5. The average molecular weight is 344 g/mol. The predicted octanol–water partition coefficient (Wildman–Crippen LogP) is 4.75. The highest BCUT2D eigenvalue weighted by Crippen LogP contribution is 2.28. The van der Waals surface area contributed by atoms with E-state index in [4.69, 9.17) is 23.2 Å². The van der Waals surface area contributed by atoms with E-state index in [9.17, 15) is 0 Å². The second-order valence-electron chi connectivity index (χ2n) is 4.98. The third kappa shape index (κ3) is 4.39. The van der Waals surface area contributed by atoms with Crippen LogP contribution in [0.2, 0.25) is 10.0 Å². The van der Waals surface area contributed by atoms with Crippen LogP contribution in [0.4, 0.5) is 0 Å². The van der Waals surface area contributed by atoms with Gasteiger partial charge in [0.2, 0.25) is 0 Å². The molecular weight excluding hydrogens is 325 g/mol. The van der Waals surface area contributed by atoms with Gasteiger partial charge in [-0.05, 0) is 32.9 Å². The quantitative estimate of drug-likeness (QED) is 0.822. The zero-order chi connectivity index (χ0) is 15.4. The van der Waals surface area contributed by atoms with Crippen molar-refractivity contribution in [1.82, 2.24) is 15.3 Å². The van der Waals surface area contributed by atoms with E-state index in [0.717, 1.165) is 35.8 Å². The van der Waals surface area contributed by atoms with Crippen molar-refractivity contribution in [3.63, 3.8) is 0 Å². The zero-order valence-corrected chi connectivity index (χ0v) is 14.7. The first-order valence-electron chi connectivity index (χ1n) is 6.98. The van der Waals surface area contributed by atoms with Gasteiger partial charge < -0.3 is 5.32 Å². The second-order valence-corrected chi connectivity index (χ2v) is 7.11. The molecule has 1 N–H and O–H groups in total. The lowest BCUT2D eigenvalue weighted by Gasteiger charge is -2.18. The summed E-state index contributed by atoms with van der Waals surface area (Å²) in [6.45, 7) is 7.18. The summed E-state index contributed by atoms with van der Waals surface area (Å²) in [5.74, 6) is 0. The summed E-state index contributed by atoms with van der Waals surface area (Å²) in [5, 5.41) is 5.76. The maximum atomic E-state index is 6.30. The number of nitrogens with zero attached hydrogens (tertiary/aromatic N) is 2. The van der Waals surface area contributed by atoms with Gasteiger partial charge in [0, 0.05) is 17.5 Å². The third-order valence-corrected chi connectivity index (χ3v) is 4.86. The molecule has 0 saturated carbocycles. The molecule has 2 heterocycles. The molecule has 0 radical (unpaired) electrons. The second kappa shape index (κ2) is 7.54. The van der Waals surface area contributed by atoms with E-state index in [1.165, 1.54) is 4.88 Å². The van der Waals surface area contributed by atoms with Crippen molar-refractivity contribution in [3.8, 4) is 0 Å². The lowest BCUT2D eigenvalue weighted by molar-refractivity contribution is 0.517. The van der Waals surface area contributed by atoms with Crippen molar-refractivity contribution in [2.75, 3.05) is 6.54 Å². The summed E-state index contributed by atoms with van der Waals surface area (Å²) in [6, 6.07) is 1.80. The number of hydrogen-bond donors (Lipinski definition) is 1. The Morgan fingerprint density at radius 2 is 2.10 bits per heavy atom. The third-order valence-electron chi connectivity index (χ3n) is 3.26. The summed E-state index contributed by atoms with van der Waals surface area (Å²) in [7, 11) is 0.